The van der Waals surface area contributed by atoms with Crippen molar-refractivity contribution in [3.8, 4) is 0 Å². The molecule has 0 spiro atoms. The van der Waals surface area contributed by atoms with E-state index in [1.165, 1.54) is 0 Å². The summed E-state index contributed by atoms with van der Waals surface area (Å²) < 4.78 is 1.62. The zero-order chi connectivity index (χ0) is 10.1. The molecule has 0 N–H and O–H groups in total. The molecule has 0 fully saturated rings. The van der Waals surface area contributed by atoms with E-state index in [0.29, 0.717) is 0 Å². The highest BCUT2D eigenvalue weighted by Crippen LogP contribution is 2.14. The quantitative estimate of drug-likeness (QED) is 0.619. The van der Waals surface area contributed by atoms with Gasteiger partial charge < -0.3 is 4.90 Å². The van der Waals surface area contributed by atoms with Crippen molar-refractivity contribution in [2.75, 3.05) is 14.1 Å². The first-order valence-electron chi connectivity index (χ1n) is 4.39. The van der Waals surface area contributed by atoms with E-state index in [9.17, 15) is 4.79 Å². The first-order chi connectivity index (χ1) is 6.70. The third-order valence-electron chi connectivity index (χ3n) is 2.13. The Bertz CT molecular complexity index is 471. The van der Waals surface area contributed by atoms with Crippen molar-refractivity contribution in [3.05, 3.63) is 36.5 Å². The number of nitrogens with zero attached hydrogens (tertiary/aromatic N) is 2. The van der Waals surface area contributed by atoms with Gasteiger partial charge in [-0.25, -0.2) is 4.79 Å². The number of hydrogen-bond acceptors (Lipinski definition) is 1. The molecular formula is C11H11N2O. The topological polar surface area (TPSA) is 25.2 Å². The van der Waals surface area contributed by atoms with Gasteiger partial charge in [0.1, 0.15) is 0 Å². The van der Waals surface area contributed by atoms with Gasteiger partial charge in [0, 0.05) is 25.7 Å². The summed E-state index contributed by atoms with van der Waals surface area (Å²) in [6.45, 7) is 0. The van der Waals surface area contributed by atoms with Crippen LogP contribution in [0.25, 0.3) is 10.9 Å². The molecule has 1 radical (unpaired) electrons. The van der Waals surface area contributed by atoms with Crippen molar-refractivity contribution in [2.24, 2.45) is 0 Å². The summed E-state index contributed by atoms with van der Waals surface area (Å²) in [4.78, 5) is 13.2. The molecule has 0 aliphatic rings. The van der Waals surface area contributed by atoms with Crippen LogP contribution in [0.4, 0.5) is 4.79 Å². The van der Waals surface area contributed by atoms with Crippen LogP contribution in [0, 0.1) is 6.07 Å². The van der Waals surface area contributed by atoms with E-state index in [4.69, 9.17) is 0 Å². The van der Waals surface area contributed by atoms with E-state index < -0.39 is 0 Å². The first kappa shape index (κ1) is 8.81. The molecule has 2 rings (SSSR count). The van der Waals surface area contributed by atoms with Crippen molar-refractivity contribution in [1.29, 1.82) is 0 Å². The smallest absolute Gasteiger partial charge is 0.328 e. The second kappa shape index (κ2) is 3.18. The van der Waals surface area contributed by atoms with Crippen LogP contribution in [0.3, 0.4) is 0 Å². The van der Waals surface area contributed by atoms with Crippen molar-refractivity contribution in [3.63, 3.8) is 0 Å². The summed E-state index contributed by atoms with van der Waals surface area (Å²) in [5.41, 5.74) is 0.895. The maximum absolute atomic E-state index is 11.7. The van der Waals surface area contributed by atoms with Crippen LogP contribution in [0.2, 0.25) is 0 Å². The third-order valence-corrected chi connectivity index (χ3v) is 2.13. The predicted octanol–water partition coefficient (Wildman–Crippen LogP) is 1.97. The standard InChI is InChI=1S/C11H11N2O/c1-12(2)11(14)13-8-7-9-5-3-4-6-10(9)13/h3,5-8H,1-2H3. The molecule has 0 aliphatic carbocycles. The van der Waals surface area contributed by atoms with Crippen LogP contribution in [-0.2, 0) is 0 Å². The number of carbonyl (C=O) groups is 1. The summed E-state index contributed by atoms with van der Waals surface area (Å²) in [6.07, 6.45) is 1.78. The normalized spacial score (nSPS) is 10.4. The lowest BCUT2D eigenvalue weighted by molar-refractivity contribution is 0.220. The minimum absolute atomic E-state index is 0.0420. The highest BCUT2D eigenvalue weighted by molar-refractivity contribution is 5.91. The summed E-state index contributed by atoms with van der Waals surface area (Å²) in [5, 5.41) is 1.05. The Hall–Kier alpha value is -1.77. The van der Waals surface area contributed by atoms with E-state index in [1.54, 1.807) is 29.8 Å². The number of benzene rings is 1. The summed E-state index contributed by atoms with van der Waals surface area (Å²) >= 11 is 0. The highest BCUT2D eigenvalue weighted by Gasteiger charge is 2.09. The van der Waals surface area contributed by atoms with Gasteiger partial charge >= 0.3 is 6.03 Å². The molecule has 0 unspecified atom stereocenters. The van der Waals surface area contributed by atoms with Gasteiger partial charge in [-0.15, -0.1) is 0 Å². The maximum Gasteiger partial charge on any atom is 0.328 e. The lowest BCUT2D eigenvalue weighted by Crippen LogP contribution is -2.26. The van der Waals surface area contributed by atoms with Crippen LogP contribution < -0.4 is 0 Å². The van der Waals surface area contributed by atoms with Gasteiger partial charge in [-0.3, -0.25) is 4.57 Å². The third kappa shape index (κ3) is 1.27. The second-order valence-corrected chi connectivity index (χ2v) is 3.35. The first-order valence-corrected chi connectivity index (χ1v) is 4.39. The molecule has 3 heteroatoms. The predicted molar refractivity (Wildman–Crippen MR) is 55.3 cm³/mol. The summed E-state index contributed by atoms with van der Waals surface area (Å²) in [6, 6.07) is 10.4. The van der Waals surface area contributed by atoms with Crippen LogP contribution in [0.5, 0.6) is 0 Å². The van der Waals surface area contributed by atoms with E-state index in [0.717, 1.165) is 10.9 Å². The highest BCUT2D eigenvalue weighted by atomic mass is 16.2. The van der Waals surface area contributed by atoms with E-state index in [1.807, 2.05) is 24.3 Å². The Morgan fingerprint density at radius 2 is 2.21 bits per heavy atom. The van der Waals surface area contributed by atoms with Crippen molar-refractivity contribution in [2.45, 2.75) is 0 Å². The molecule has 1 aromatic carbocycles. The molecule has 71 valence electrons. The van der Waals surface area contributed by atoms with E-state index in [2.05, 4.69) is 6.07 Å². The van der Waals surface area contributed by atoms with Crippen LogP contribution in [-0.4, -0.2) is 29.6 Å². The minimum atomic E-state index is -0.0420. The van der Waals surface area contributed by atoms with Gasteiger partial charge in [0.05, 0.1) is 5.52 Å². The van der Waals surface area contributed by atoms with E-state index in [-0.39, 0.29) is 6.03 Å². The average molecular weight is 187 g/mol. The van der Waals surface area contributed by atoms with E-state index >= 15 is 0 Å². The van der Waals surface area contributed by atoms with Crippen LogP contribution in [0.1, 0.15) is 0 Å². The molecule has 2 aromatic rings. The molecule has 1 heterocycles. The van der Waals surface area contributed by atoms with Crippen molar-refractivity contribution in [1.82, 2.24) is 9.47 Å². The Morgan fingerprint density at radius 1 is 1.43 bits per heavy atom. The number of amides is 1. The zero-order valence-electron chi connectivity index (χ0n) is 8.19. The Kier molecular flexibility index (Phi) is 2.00. The number of rotatable bonds is 0. The van der Waals surface area contributed by atoms with Gasteiger partial charge in [-0.05, 0) is 18.2 Å². The maximum atomic E-state index is 11.7. The molecule has 0 saturated heterocycles. The van der Waals surface area contributed by atoms with Crippen molar-refractivity contribution < 1.29 is 4.79 Å². The van der Waals surface area contributed by atoms with Crippen LogP contribution in [0.15, 0.2) is 30.5 Å². The van der Waals surface area contributed by atoms with Gasteiger partial charge in [-0.1, -0.05) is 12.1 Å². The van der Waals surface area contributed by atoms with Gasteiger partial charge in [-0.2, -0.15) is 0 Å². The second-order valence-electron chi connectivity index (χ2n) is 3.35. The largest absolute Gasteiger partial charge is 0.330 e. The molecule has 0 saturated carbocycles. The molecular weight excluding hydrogens is 176 g/mol. The van der Waals surface area contributed by atoms with Gasteiger partial charge in [0.15, 0.2) is 0 Å². The van der Waals surface area contributed by atoms with Crippen LogP contribution >= 0.6 is 0 Å². The monoisotopic (exact) mass is 187 g/mol. The molecule has 3 nitrogen and oxygen atoms in total. The summed E-state index contributed by atoms with van der Waals surface area (Å²) in [7, 11) is 3.47. The fourth-order valence-corrected chi connectivity index (χ4v) is 1.40. The minimum Gasteiger partial charge on any atom is -0.330 e. The molecule has 1 amide bonds. The summed E-state index contributed by atoms with van der Waals surface area (Å²) in [5.74, 6) is 0. The molecule has 1 aromatic heterocycles. The lowest BCUT2D eigenvalue weighted by Gasteiger charge is -2.11. The molecule has 0 bridgehead atoms. The molecule has 0 aliphatic heterocycles. The average Bonchev–Trinajstić information content (AvgIpc) is 2.60. The molecule has 14 heavy (non-hydrogen) atoms. The number of aromatic nitrogens is 1. The number of carbonyl (C=O) groups excluding carboxylic acids is 1. The van der Waals surface area contributed by atoms with Gasteiger partial charge in [0.25, 0.3) is 0 Å². The Labute approximate surface area is 82.5 Å². The van der Waals surface area contributed by atoms with Gasteiger partial charge in [0.2, 0.25) is 0 Å². The zero-order valence-corrected chi connectivity index (χ0v) is 8.19. The lowest BCUT2D eigenvalue weighted by atomic mass is 10.2. The molecule has 0 atom stereocenters. The SMILES string of the molecule is CN(C)C(=O)n1ccc2cc[c]cc21. The van der Waals surface area contributed by atoms with Crippen molar-refractivity contribution >= 4 is 16.9 Å². The number of fused-ring (bicyclic) bond motifs is 1. The Morgan fingerprint density at radius 3 is 2.93 bits per heavy atom. The fraction of sp³-hybridized carbons (Fsp3) is 0.182. The fourth-order valence-electron chi connectivity index (χ4n) is 1.40. The Balaban J connectivity index is 2.58. The number of hydrogen-bond donors (Lipinski definition) is 0.